The van der Waals surface area contributed by atoms with Gasteiger partial charge in [-0.25, -0.2) is 0 Å². The molecule has 15 heavy (non-hydrogen) atoms. The number of rotatable bonds is 7. The van der Waals surface area contributed by atoms with Crippen LogP contribution >= 0.6 is 0 Å². The first-order valence-electron chi connectivity index (χ1n) is 6.46. The first-order valence-corrected chi connectivity index (χ1v) is 6.46. The number of methoxy groups -OCH3 is 1. The summed E-state index contributed by atoms with van der Waals surface area (Å²) in [5.74, 6) is 1.87. The van der Waals surface area contributed by atoms with Crippen LogP contribution in [0.1, 0.15) is 46.0 Å². The summed E-state index contributed by atoms with van der Waals surface area (Å²) in [5.41, 5.74) is 0. The molecule has 0 bridgehead atoms. The molecule has 0 radical (unpaired) electrons. The lowest BCUT2D eigenvalue weighted by molar-refractivity contribution is 0.182. The summed E-state index contributed by atoms with van der Waals surface area (Å²) in [6.45, 7) is 6.61. The van der Waals surface area contributed by atoms with Gasteiger partial charge in [-0.05, 0) is 37.6 Å². The summed E-state index contributed by atoms with van der Waals surface area (Å²) in [5, 5.41) is 3.58. The van der Waals surface area contributed by atoms with Crippen LogP contribution in [0.15, 0.2) is 0 Å². The van der Waals surface area contributed by atoms with Gasteiger partial charge in [-0.15, -0.1) is 0 Å². The van der Waals surface area contributed by atoms with Crippen molar-refractivity contribution in [3.8, 4) is 0 Å². The number of nitrogens with one attached hydrogen (secondary N) is 1. The normalized spacial score (nSPS) is 26.4. The number of hydrogen-bond donors (Lipinski definition) is 1. The van der Waals surface area contributed by atoms with Crippen LogP contribution in [0.5, 0.6) is 0 Å². The monoisotopic (exact) mass is 213 g/mol. The molecule has 1 aliphatic carbocycles. The number of hydrogen-bond acceptors (Lipinski definition) is 2. The van der Waals surface area contributed by atoms with E-state index in [4.69, 9.17) is 4.74 Å². The minimum Gasteiger partial charge on any atom is -0.385 e. The van der Waals surface area contributed by atoms with Crippen molar-refractivity contribution in [2.75, 3.05) is 20.3 Å². The van der Waals surface area contributed by atoms with Gasteiger partial charge in [0.25, 0.3) is 0 Å². The Bertz CT molecular complexity index is 159. The zero-order valence-electron chi connectivity index (χ0n) is 10.6. The highest BCUT2D eigenvalue weighted by molar-refractivity contribution is 4.79. The first-order chi connectivity index (χ1) is 7.24. The molecule has 1 rings (SSSR count). The minimum absolute atomic E-state index is 0.630. The minimum atomic E-state index is 0.630. The van der Waals surface area contributed by atoms with Crippen LogP contribution in [0.25, 0.3) is 0 Å². The lowest BCUT2D eigenvalue weighted by atomic mass is 9.91. The summed E-state index contributed by atoms with van der Waals surface area (Å²) >= 11 is 0. The molecular weight excluding hydrogens is 186 g/mol. The van der Waals surface area contributed by atoms with E-state index in [2.05, 4.69) is 19.2 Å². The van der Waals surface area contributed by atoms with Gasteiger partial charge in [0.1, 0.15) is 0 Å². The second kappa shape index (κ2) is 7.24. The number of ether oxygens (including phenoxy) is 1. The van der Waals surface area contributed by atoms with E-state index >= 15 is 0 Å². The smallest absolute Gasteiger partial charge is 0.0462 e. The van der Waals surface area contributed by atoms with Crippen LogP contribution < -0.4 is 5.32 Å². The second-order valence-electron chi connectivity index (χ2n) is 5.15. The van der Waals surface area contributed by atoms with Gasteiger partial charge >= 0.3 is 0 Å². The second-order valence-corrected chi connectivity index (χ2v) is 5.15. The highest BCUT2D eigenvalue weighted by Crippen LogP contribution is 2.34. The maximum absolute atomic E-state index is 5.12. The van der Waals surface area contributed by atoms with E-state index in [0.29, 0.717) is 6.04 Å². The lowest BCUT2D eigenvalue weighted by Gasteiger charge is -2.21. The molecule has 0 heterocycles. The van der Waals surface area contributed by atoms with Crippen LogP contribution in [0, 0.1) is 11.8 Å². The topological polar surface area (TPSA) is 21.3 Å². The molecule has 0 aromatic heterocycles. The highest BCUT2D eigenvalue weighted by atomic mass is 16.5. The summed E-state index contributed by atoms with van der Waals surface area (Å²) in [6, 6.07) is 0.630. The lowest BCUT2D eigenvalue weighted by Crippen LogP contribution is -2.30. The van der Waals surface area contributed by atoms with Crippen molar-refractivity contribution < 1.29 is 4.74 Å². The van der Waals surface area contributed by atoms with E-state index in [9.17, 15) is 0 Å². The first kappa shape index (κ1) is 13.0. The average molecular weight is 213 g/mol. The van der Waals surface area contributed by atoms with Crippen molar-refractivity contribution in [2.45, 2.75) is 52.0 Å². The Morgan fingerprint density at radius 1 is 1.27 bits per heavy atom. The fourth-order valence-electron chi connectivity index (χ4n) is 2.64. The molecule has 0 aromatic carbocycles. The quantitative estimate of drug-likeness (QED) is 0.657. The van der Waals surface area contributed by atoms with Crippen LogP contribution in [0.3, 0.4) is 0 Å². The zero-order chi connectivity index (χ0) is 11.1. The van der Waals surface area contributed by atoms with Gasteiger partial charge in [0, 0.05) is 19.8 Å². The molecule has 1 aliphatic rings. The molecule has 1 saturated carbocycles. The van der Waals surface area contributed by atoms with Crippen LogP contribution in [0.4, 0.5) is 0 Å². The standard InChI is InChI=1S/C13H27NO/c1-11(2)14-10-13-7-4-6-12(13)8-5-9-15-3/h11-14H,4-10H2,1-3H3. The molecule has 2 atom stereocenters. The summed E-state index contributed by atoms with van der Waals surface area (Å²) in [7, 11) is 1.80. The summed E-state index contributed by atoms with van der Waals surface area (Å²) in [4.78, 5) is 0. The Balaban J connectivity index is 2.17. The van der Waals surface area contributed by atoms with Crippen molar-refractivity contribution in [2.24, 2.45) is 11.8 Å². The van der Waals surface area contributed by atoms with Gasteiger partial charge in [-0.1, -0.05) is 26.7 Å². The molecule has 0 spiro atoms. The van der Waals surface area contributed by atoms with Gasteiger partial charge in [0.05, 0.1) is 0 Å². The van der Waals surface area contributed by atoms with Gasteiger partial charge in [-0.3, -0.25) is 0 Å². The van der Waals surface area contributed by atoms with Gasteiger partial charge in [-0.2, -0.15) is 0 Å². The molecule has 0 aliphatic heterocycles. The van der Waals surface area contributed by atoms with Crippen molar-refractivity contribution in [3.05, 3.63) is 0 Å². The molecule has 1 fully saturated rings. The Labute approximate surface area is 94.8 Å². The van der Waals surface area contributed by atoms with Crippen molar-refractivity contribution >= 4 is 0 Å². The predicted molar refractivity (Wildman–Crippen MR) is 65.1 cm³/mol. The van der Waals surface area contributed by atoms with Gasteiger partial charge < -0.3 is 10.1 Å². The third-order valence-electron chi connectivity index (χ3n) is 3.53. The van der Waals surface area contributed by atoms with Crippen molar-refractivity contribution in [3.63, 3.8) is 0 Å². The molecule has 0 aromatic rings. The van der Waals surface area contributed by atoms with E-state index in [1.807, 2.05) is 0 Å². The molecular formula is C13H27NO. The van der Waals surface area contributed by atoms with E-state index in [1.165, 1.54) is 38.6 Å². The Morgan fingerprint density at radius 2 is 2.00 bits per heavy atom. The van der Waals surface area contributed by atoms with E-state index in [1.54, 1.807) is 7.11 Å². The van der Waals surface area contributed by atoms with Gasteiger partial charge in [0.2, 0.25) is 0 Å². The Kier molecular flexibility index (Phi) is 6.26. The molecule has 0 amide bonds. The van der Waals surface area contributed by atoms with Crippen LogP contribution in [-0.4, -0.2) is 26.3 Å². The predicted octanol–water partition coefficient (Wildman–Crippen LogP) is 2.83. The van der Waals surface area contributed by atoms with E-state index in [-0.39, 0.29) is 0 Å². The van der Waals surface area contributed by atoms with Crippen molar-refractivity contribution in [1.29, 1.82) is 0 Å². The Hall–Kier alpha value is -0.0800. The summed E-state index contributed by atoms with van der Waals surface area (Å²) in [6.07, 6.45) is 6.89. The van der Waals surface area contributed by atoms with E-state index in [0.717, 1.165) is 18.4 Å². The highest BCUT2D eigenvalue weighted by Gasteiger charge is 2.26. The fourth-order valence-corrected chi connectivity index (χ4v) is 2.64. The fraction of sp³-hybridized carbons (Fsp3) is 1.00. The van der Waals surface area contributed by atoms with Crippen LogP contribution in [-0.2, 0) is 4.74 Å². The molecule has 2 heteroatoms. The molecule has 0 saturated heterocycles. The molecule has 1 N–H and O–H groups in total. The van der Waals surface area contributed by atoms with Crippen molar-refractivity contribution in [1.82, 2.24) is 5.32 Å². The zero-order valence-corrected chi connectivity index (χ0v) is 10.6. The maximum atomic E-state index is 5.12. The molecule has 2 nitrogen and oxygen atoms in total. The largest absolute Gasteiger partial charge is 0.385 e. The SMILES string of the molecule is COCCCC1CCCC1CNC(C)C. The Morgan fingerprint density at radius 3 is 2.67 bits per heavy atom. The average Bonchev–Trinajstić information content (AvgIpc) is 2.63. The maximum Gasteiger partial charge on any atom is 0.0462 e. The molecule has 2 unspecified atom stereocenters. The van der Waals surface area contributed by atoms with Gasteiger partial charge in [0.15, 0.2) is 0 Å². The third kappa shape index (κ3) is 4.98. The third-order valence-corrected chi connectivity index (χ3v) is 3.53. The van der Waals surface area contributed by atoms with E-state index < -0.39 is 0 Å². The molecule has 90 valence electrons. The van der Waals surface area contributed by atoms with Crippen LogP contribution in [0.2, 0.25) is 0 Å². The summed E-state index contributed by atoms with van der Waals surface area (Å²) < 4.78 is 5.12.